The Balaban J connectivity index is 1.98. The molecule has 0 heterocycles. The molecule has 2 heteroatoms. The third-order valence-corrected chi connectivity index (χ3v) is 7.48. The van der Waals surface area contributed by atoms with Gasteiger partial charge in [0.15, 0.2) is 0 Å². The van der Waals surface area contributed by atoms with Crippen LogP contribution in [0.25, 0.3) is 0 Å². The zero-order valence-electron chi connectivity index (χ0n) is 15.3. The smallest absolute Gasteiger partial charge is 0.311 e. The Morgan fingerprint density at radius 3 is 2.70 bits per heavy atom. The van der Waals surface area contributed by atoms with Gasteiger partial charge in [0.05, 0.1) is 12.5 Å². The van der Waals surface area contributed by atoms with Crippen molar-refractivity contribution in [1.29, 1.82) is 0 Å². The van der Waals surface area contributed by atoms with Crippen LogP contribution in [0.5, 0.6) is 0 Å². The van der Waals surface area contributed by atoms with Crippen molar-refractivity contribution in [2.75, 3.05) is 7.11 Å². The normalized spacial score (nSPS) is 46.2. The molecule has 0 aromatic rings. The minimum atomic E-state index is -0.313. The summed E-state index contributed by atoms with van der Waals surface area (Å²) in [5.41, 5.74) is 1.75. The number of fused-ring (bicyclic) bond motifs is 3. The number of carbonyl (C=O) groups is 1. The monoisotopic (exact) mass is 316 g/mol. The summed E-state index contributed by atoms with van der Waals surface area (Å²) in [4.78, 5) is 12.5. The average Bonchev–Trinajstić information content (AvgIpc) is 2.53. The van der Waals surface area contributed by atoms with E-state index in [1.807, 2.05) is 0 Å². The number of hydrogen-bond acceptors (Lipinski definition) is 2. The van der Waals surface area contributed by atoms with Crippen LogP contribution in [0.3, 0.4) is 0 Å². The second kappa shape index (κ2) is 5.50. The largest absolute Gasteiger partial charge is 0.469 e. The van der Waals surface area contributed by atoms with E-state index in [1.54, 1.807) is 12.7 Å². The number of allylic oxidation sites excluding steroid dienone is 3. The molecule has 0 aromatic heterocycles. The summed E-state index contributed by atoms with van der Waals surface area (Å²) < 4.78 is 5.20. The molecule has 23 heavy (non-hydrogen) atoms. The number of hydrogen-bond donors (Lipinski definition) is 0. The van der Waals surface area contributed by atoms with Crippen LogP contribution in [0.4, 0.5) is 0 Å². The molecular weight excluding hydrogens is 284 g/mol. The van der Waals surface area contributed by atoms with Gasteiger partial charge in [0.2, 0.25) is 0 Å². The predicted molar refractivity (Wildman–Crippen MR) is 93.9 cm³/mol. The first-order valence-electron chi connectivity index (χ1n) is 9.22. The predicted octanol–water partition coefficient (Wildman–Crippen LogP) is 5.29. The Hall–Kier alpha value is -1.05. The van der Waals surface area contributed by atoms with Gasteiger partial charge in [0, 0.05) is 0 Å². The first-order chi connectivity index (χ1) is 10.8. The fraction of sp³-hybridized carbons (Fsp3) is 0.762. The third kappa shape index (κ3) is 2.40. The fourth-order valence-corrected chi connectivity index (χ4v) is 6.09. The van der Waals surface area contributed by atoms with E-state index in [9.17, 15) is 4.79 Å². The molecule has 128 valence electrons. The van der Waals surface area contributed by atoms with Crippen LogP contribution in [-0.2, 0) is 9.53 Å². The molecule has 3 aliphatic carbocycles. The second-order valence-corrected chi connectivity index (χ2v) is 8.93. The molecule has 0 saturated heterocycles. The van der Waals surface area contributed by atoms with Crippen molar-refractivity contribution in [2.24, 2.45) is 28.1 Å². The summed E-state index contributed by atoms with van der Waals surface area (Å²) in [6.07, 6.45) is 12.7. The molecule has 0 aromatic carbocycles. The number of esters is 1. The highest BCUT2D eigenvalue weighted by Crippen LogP contribution is 2.63. The van der Waals surface area contributed by atoms with Gasteiger partial charge in [0.1, 0.15) is 0 Å². The van der Waals surface area contributed by atoms with Gasteiger partial charge in [-0.05, 0) is 68.1 Å². The van der Waals surface area contributed by atoms with Crippen molar-refractivity contribution in [1.82, 2.24) is 0 Å². The third-order valence-electron chi connectivity index (χ3n) is 7.48. The van der Waals surface area contributed by atoms with E-state index in [-0.39, 0.29) is 22.2 Å². The highest BCUT2D eigenvalue weighted by molar-refractivity contribution is 5.77. The molecular formula is C21H32O2. The number of ether oxygens (including phenoxy) is 1. The van der Waals surface area contributed by atoms with Gasteiger partial charge in [0.25, 0.3) is 0 Å². The van der Waals surface area contributed by atoms with Gasteiger partial charge in [-0.15, -0.1) is 6.58 Å². The Kier molecular flexibility index (Phi) is 4.01. The lowest BCUT2D eigenvalue weighted by atomic mass is 9.46. The van der Waals surface area contributed by atoms with Gasteiger partial charge in [-0.25, -0.2) is 0 Å². The highest BCUT2D eigenvalue weighted by Gasteiger charge is 2.58. The molecule has 0 aliphatic heterocycles. The fourth-order valence-electron chi connectivity index (χ4n) is 6.09. The molecule has 0 bridgehead atoms. The summed E-state index contributed by atoms with van der Waals surface area (Å²) in [6.45, 7) is 11.0. The maximum atomic E-state index is 12.5. The summed E-state index contributed by atoms with van der Waals surface area (Å²) in [6, 6.07) is 0. The number of carbonyl (C=O) groups excluding carboxylic acids is 1. The molecule has 1 unspecified atom stereocenters. The lowest BCUT2D eigenvalue weighted by molar-refractivity contribution is -0.164. The van der Waals surface area contributed by atoms with E-state index in [1.165, 1.54) is 19.3 Å². The molecule has 2 fully saturated rings. The highest BCUT2D eigenvalue weighted by atomic mass is 16.5. The second-order valence-electron chi connectivity index (χ2n) is 8.93. The average molecular weight is 316 g/mol. The Bertz CT molecular complexity index is 548. The van der Waals surface area contributed by atoms with Crippen LogP contribution in [0, 0.1) is 28.1 Å². The SMILES string of the molecule is C=C[C@@]1(C)CC=C2[C@@H](CCC3[C@](C)(C(=O)OC)CCC[C@@]23C)C1. The Morgan fingerprint density at radius 1 is 1.30 bits per heavy atom. The van der Waals surface area contributed by atoms with Gasteiger partial charge in [-0.3, -0.25) is 4.79 Å². The molecule has 0 spiro atoms. The van der Waals surface area contributed by atoms with Crippen LogP contribution in [0.2, 0.25) is 0 Å². The van der Waals surface area contributed by atoms with Crippen molar-refractivity contribution in [3.8, 4) is 0 Å². The van der Waals surface area contributed by atoms with E-state index in [2.05, 4.69) is 39.5 Å². The molecule has 3 aliphatic rings. The molecule has 0 N–H and O–H groups in total. The maximum Gasteiger partial charge on any atom is 0.311 e. The molecule has 5 atom stereocenters. The van der Waals surface area contributed by atoms with E-state index in [0.29, 0.717) is 11.8 Å². The number of rotatable bonds is 2. The van der Waals surface area contributed by atoms with Crippen LogP contribution >= 0.6 is 0 Å². The summed E-state index contributed by atoms with van der Waals surface area (Å²) >= 11 is 0. The van der Waals surface area contributed by atoms with Crippen LogP contribution < -0.4 is 0 Å². The molecule has 3 rings (SSSR count). The summed E-state index contributed by atoms with van der Waals surface area (Å²) in [7, 11) is 1.54. The van der Waals surface area contributed by atoms with Crippen molar-refractivity contribution in [2.45, 2.75) is 65.7 Å². The molecule has 0 amide bonds. The van der Waals surface area contributed by atoms with E-state index in [4.69, 9.17) is 4.74 Å². The minimum Gasteiger partial charge on any atom is -0.469 e. The van der Waals surface area contributed by atoms with Crippen LogP contribution in [0.15, 0.2) is 24.3 Å². The zero-order valence-corrected chi connectivity index (χ0v) is 15.3. The molecule has 0 radical (unpaired) electrons. The van der Waals surface area contributed by atoms with Crippen molar-refractivity contribution >= 4 is 5.97 Å². The minimum absolute atomic E-state index is 0.000728. The van der Waals surface area contributed by atoms with Crippen molar-refractivity contribution in [3.63, 3.8) is 0 Å². The van der Waals surface area contributed by atoms with Crippen molar-refractivity contribution < 1.29 is 9.53 Å². The maximum absolute atomic E-state index is 12.5. The van der Waals surface area contributed by atoms with Crippen LogP contribution in [0.1, 0.15) is 65.7 Å². The topological polar surface area (TPSA) is 26.3 Å². The van der Waals surface area contributed by atoms with Gasteiger partial charge >= 0.3 is 5.97 Å². The standard InChI is InChI=1S/C21H32O2/c1-6-19(2)13-10-16-15(14-19)8-9-17-20(16,3)11-7-12-21(17,4)18(22)23-5/h6,10,15,17H,1,7-9,11-14H2,2-5H3/t15-,17?,19-,20-,21+/m0/s1. The molecule has 2 nitrogen and oxygen atoms in total. The Morgan fingerprint density at radius 2 is 2.04 bits per heavy atom. The number of methoxy groups -OCH3 is 1. The van der Waals surface area contributed by atoms with E-state index < -0.39 is 0 Å². The first-order valence-corrected chi connectivity index (χ1v) is 9.22. The van der Waals surface area contributed by atoms with Crippen LogP contribution in [-0.4, -0.2) is 13.1 Å². The lowest BCUT2D eigenvalue weighted by Crippen LogP contribution is -2.53. The van der Waals surface area contributed by atoms with Crippen molar-refractivity contribution in [3.05, 3.63) is 24.3 Å². The molecule has 2 saturated carbocycles. The van der Waals surface area contributed by atoms with Gasteiger partial charge in [-0.1, -0.05) is 38.0 Å². The van der Waals surface area contributed by atoms with E-state index in [0.717, 1.165) is 25.7 Å². The zero-order chi connectivity index (χ0) is 16.9. The Labute approximate surface area is 141 Å². The van der Waals surface area contributed by atoms with Gasteiger partial charge in [-0.2, -0.15) is 0 Å². The first kappa shape index (κ1) is 16.8. The lowest BCUT2D eigenvalue weighted by Gasteiger charge is -2.58. The summed E-state index contributed by atoms with van der Waals surface area (Å²) in [5, 5.41) is 0. The quantitative estimate of drug-likeness (QED) is 0.511. The van der Waals surface area contributed by atoms with Gasteiger partial charge < -0.3 is 4.74 Å². The van der Waals surface area contributed by atoms with E-state index >= 15 is 0 Å². The summed E-state index contributed by atoms with van der Waals surface area (Å²) in [5.74, 6) is 1.10.